The molecular formula is C19H29IN4O. The minimum atomic E-state index is 0. The zero-order chi connectivity index (χ0) is 17.2. The molecule has 138 valence electrons. The highest BCUT2D eigenvalue weighted by molar-refractivity contribution is 14.0. The molecule has 0 amide bonds. The maximum Gasteiger partial charge on any atom is 0.191 e. The number of aromatic nitrogens is 1. The Morgan fingerprint density at radius 2 is 2.00 bits per heavy atom. The molecule has 0 unspecified atom stereocenters. The zero-order valence-electron chi connectivity index (χ0n) is 15.3. The predicted molar refractivity (Wildman–Crippen MR) is 116 cm³/mol. The number of rotatable bonds is 8. The number of pyridine rings is 1. The molecule has 0 fully saturated rings. The van der Waals surface area contributed by atoms with Crippen LogP contribution >= 0.6 is 24.0 Å². The second-order valence-corrected chi connectivity index (χ2v) is 6.16. The van der Waals surface area contributed by atoms with Gasteiger partial charge in [-0.15, -0.1) is 24.0 Å². The van der Waals surface area contributed by atoms with Crippen molar-refractivity contribution in [1.29, 1.82) is 0 Å². The Balaban J connectivity index is 0.00000312. The van der Waals surface area contributed by atoms with Crippen molar-refractivity contribution in [3.05, 3.63) is 42.1 Å². The summed E-state index contributed by atoms with van der Waals surface area (Å²) in [6, 6.07) is 10.2. The molecule has 2 rings (SSSR count). The van der Waals surface area contributed by atoms with E-state index >= 15 is 0 Å². The molecule has 0 spiro atoms. The van der Waals surface area contributed by atoms with Gasteiger partial charge in [0.25, 0.3) is 0 Å². The summed E-state index contributed by atoms with van der Waals surface area (Å²) in [5, 5.41) is 7.85. The molecule has 1 aromatic carbocycles. The third kappa shape index (κ3) is 7.56. The van der Waals surface area contributed by atoms with Crippen LogP contribution in [0.25, 0.3) is 10.9 Å². The zero-order valence-corrected chi connectivity index (χ0v) is 17.6. The highest BCUT2D eigenvalue weighted by Crippen LogP contribution is 2.15. The minimum Gasteiger partial charge on any atom is -0.381 e. The van der Waals surface area contributed by atoms with Gasteiger partial charge < -0.3 is 15.4 Å². The van der Waals surface area contributed by atoms with Gasteiger partial charge in [-0.25, -0.2) is 0 Å². The fraction of sp³-hybridized carbons (Fsp3) is 0.474. The standard InChI is InChI=1S/C19H28N4O.HI/c1-15(2)14-24-12-6-10-22-19(20-3)23-13-16-9-11-21-18-8-5-4-7-17(16)18;/h4-5,7-9,11,15H,6,10,12-14H2,1-3H3,(H2,20,22,23);1H. The van der Waals surface area contributed by atoms with Crippen LogP contribution in [0.5, 0.6) is 0 Å². The molecule has 0 atom stereocenters. The van der Waals surface area contributed by atoms with Gasteiger partial charge >= 0.3 is 0 Å². The Morgan fingerprint density at radius 1 is 1.20 bits per heavy atom. The summed E-state index contributed by atoms with van der Waals surface area (Å²) >= 11 is 0. The Bertz CT molecular complexity index is 655. The van der Waals surface area contributed by atoms with E-state index < -0.39 is 0 Å². The van der Waals surface area contributed by atoms with Crippen molar-refractivity contribution >= 4 is 40.8 Å². The number of benzene rings is 1. The quantitative estimate of drug-likeness (QED) is 0.276. The molecule has 25 heavy (non-hydrogen) atoms. The normalized spacial score (nSPS) is 11.4. The van der Waals surface area contributed by atoms with Crippen LogP contribution in [0.1, 0.15) is 25.8 Å². The maximum absolute atomic E-state index is 5.58. The van der Waals surface area contributed by atoms with Crippen molar-refractivity contribution in [1.82, 2.24) is 15.6 Å². The summed E-state index contributed by atoms with van der Waals surface area (Å²) in [5.74, 6) is 1.39. The number of hydrogen-bond donors (Lipinski definition) is 2. The van der Waals surface area contributed by atoms with Gasteiger partial charge in [-0.05, 0) is 30.0 Å². The molecule has 0 bridgehead atoms. The highest BCUT2D eigenvalue weighted by atomic mass is 127. The van der Waals surface area contributed by atoms with E-state index in [1.54, 1.807) is 7.05 Å². The number of nitrogens with one attached hydrogen (secondary N) is 2. The van der Waals surface area contributed by atoms with Gasteiger partial charge in [-0.1, -0.05) is 32.0 Å². The lowest BCUT2D eigenvalue weighted by atomic mass is 10.1. The molecule has 6 heteroatoms. The summed E-state index contributed by atoms with van der Waals surface area (Å²) in [6.45, 7) is 7.47. The Morgan fingerprint density at radius 3 is 2.76 bits per heavy atom. The number of hydrogen-bond acceptors (Lipinski definition) is 3. The van der Waals surface area contributed by atoms with E-state index in [1.165, 1.54) is 10.9 Å². The largest absolute Gasteiger partial charge is 0.381 e. The van der Waals surface area contributed by atoms with Gasteiger partial charge in [0.2, 0.25) is 0 Å². The first kappa shape index (κ1) is 21.6. The van der Waals surface area contributed by atoms with E-state index in [-0.39, 0.29) is 24.0 Å². The van der Waals surface area contributed by atoms with Gasteiger partial charge in [0, 0.05) is 44.9 Å². The molecule has 2 N–H and O–H groups in total. The molecule has 1 heterocycles. The first-order valence-corrected chi connectivity index (χ1v) is 8.55. The topological polar surface area (TPSA) is 58.5 Å². The van der Waals surface area contributed by atoms with Crippen LogP contribution in [0, 0.1) is 5.92 Å². The Hall–Kier alpha value is -1.41. The second kappa shape index (κ2) is 12.0. The number of fused-ring (bicyclic) bond motifs is 1. The average molecular weight is 456 g/mol. The van der Waals surface area contributed by atoms with E-state index in [4.69, 9.17) is 4.74 Å². The monoisotopic (exact) mass is 456 g/mol. The van der Waals surface area contributed by atoms with E-state index in [0.29, 0.717) is 12.5 Å². The molecular weight excluding hydrogens is 427 g/mol. The molecule has 0 radical (unpaired) electrons. The molecule has 0 aliphatic rings. The average Bonchev–Trinajstić information content (AvgIpc) is 2.60. The number of ether oxygens (including phenoxy) is 1. The fourth-order valence-electron chi connectivity index (χ4n) is 2.41. The molecule has 2 aromatic rings. The lowest BCUT2D eigenvalue weighted by Gasteiger charge is -2.13. The third-order valence-corrected chi connectivity index (χ3v) is 3.62. The van der Waals surface area contributed by atoms with Crippen LogP contribution in [0.15, 0.2) is 41.5 Å². The first-order chi connectivity index (χ1) is 11.7. The summed E-state index contributed by atoms with van der Waals surface area (Å²) in [4.78, 5) is 8.66. The molecule has 0 aliphatic carbocycles. The summed E-state index contributed by atoms with van der Waals surface area (Å²) < 4.78 is 5.58. The summed E-state index contributed by atoms with van der Waals surface area (Å²) in [7, 11) is 1.79. The van der Waals surface area contributed by atoms with Crippen LogP contribution in [-0.4, -0.2) is 37.7 Å². The van der Waals surface area contributed by atoms with Crippen molar-refractivity contribution in [2.45, 2.75) is 26.8 Å². The van der Waals surface area contributed by atoms with E-state index in [2.05, 4.69) is 40.5 Å². The molecule has 0 saturated heterocycles. The van der Waals surface area contributed by atoms with Crippen LogP contribution in [0.4, 0.5) is 0 Å². The molecule has 0 aliphatic heterocycles. The number of aliphatic imine (C=N–C) groups is 1. The number of halogens is 1. The summed E-state index contributed by atoms with van der Waals surface area (Å²) in [6.07, 6.45) is 2.81. The van der Waals surface area contributed by atoms with E-state index in [9.17, 15) is 0 Å². The van der Waals surface area contributed by atoms with Gasteiger partial charge in [0.1, 0.15) is 0 Å². The van der Waals surface area contributed by atoms with Gasteiger partial charge in [-0.3, -0.25) is 9.98 Å². The van der Waals surface area contributed by atoms with Crippen LogP contribution in [-0.2, 0) is 11.3 Å². The van der Waals surface area contributed by atoms with Crippen molar-refractivity contribution in [2.24, 2.45) is 10.9 Å². The van der Waals surface area contributed by atoms with E-state index in [1.807, 2.05) is 30.5 Å². The number of para-hydroxylation sites is 1. The lowest BCUT2D eigenvalue weighted by molar-refractivity contribution is 0.108. The van der Waals surface area contributed by atoms with Crippen LogP contribution in [0.3, 0.4) is 0 Å². The van der Waals surface area contributed by atoms with Crippen LogP contribution in [0.2, 0.25) is 0 Å². The first-order valence-electron chi connectivity index (χ1n) is 8.55. The van der Waals surface area contributed by atoms with Crippen molar-refractivity contribution in [3.63, 3.8) is 0 Å². The van der Waals surface area contributed by atoms with Gasteiger partial charge in [0.15, 0.2) is 5.96 Å². The second-order valence-electron chi connectivity index (χ2n) is 6.16. The Kier molecular flexibility index (Phi) is 10.4. The third-order valence-electron chi connectivity index (χ3n) is 3.62. The number of guanidine groups is 1. The van der Waals surface area contributed by atoms with Gasteiger partial charge in [-0.2, -0.15) is 0 Å². The lowest BCUT2D eigenvalue weighted by Crippen LogP contribution is -2.37. The van der Waals surface area contributed by atoms with Crippen molar-refractivity contribution in [2.75, 3.05) is 26.8 Å². The van der Waals surface area contributed by atoms with Crippen molar-refractivity contribution < 1.29 is 4.74 Å². The minimum absolute atomic E-state index is 0. The SMILES string of the molecule is CN=C(NCCCOCC(C)C)NCc1ccnc2ccccc12.I. The van der Waals surface area contributed by atoms with Crippen LogP contribution < -0.4 is 10.6 Å². The summed E-state index contributed by atoms with van der Waals surface area (Å²) in [5.41, 5.74) is 2.23. The highest BCUT2D eigenvalue weighted by Gasteiger charge is 2.03. The van der Waals surface area contributed by atoms with E-state index in [0.717, 1.165) is 37.7 Å². The maximum atomic E-state index is 5.58. The fourth-order valence-corrected chi connectivity index (χ4v) is 2.41. The molecule has 1 aromatic heterocycles. The smallest absolute Gasteiger partial charge is 0.191 e. The predicted octanol–water partition coefficient (Wildman–Crippen LogP) is 3.58. The van der Waals surface area contributed by atoms with Gasteiger partial charge in [0.05, 0.1) is 5.52 Å². The molecule has 5 nitrogen and oxygen atoms in total. The number of nitrogens with zero attached hydrogens (tertiary/aromatic N) is 2. The van der Waals surface area contributed by atoms with Crippen molar-refractivity contribution in [3.8, 4) is 0 Å². The Labute approximate surface area is 167 Å². The molecule has 0 saturated carbocycles.